The normalized spacial score (nSPS) is 12.7. The average molecular weight is 408 g/mol. The second-order valence-electron chi connectivity index (χ2n) is 7.16. The number of hydrogen-bond acceptors (Lipinski definition) is 4. The summed E-state index contributed by atoms with van der Waals surface area (Å²) in [6.07, 6.45) is 3.35. The largest absolute Gasteiger partial charge is 0.316 e. The zero-order valence-electron chi connectivity index (χ0n) is 16.9. The molecule has 2 aromatic carbocycles. The highest BCUT2D eigenvalue weighted by atomic mass is 32.2. The Hall–Kier alpha value is -2.83. The average Bonchev–Trinajstić information content (AvgIpc) is 2.68. The van der Waals surface area contributed by atoms with E-state index < -0.39 is 0 Å². The van der Waals surface area contributed by atoms with E-state index in [-0.39, 0.29) is 21.8 Å². The molecule has 0 saturated heterocycles. The van der Waals surface area contributed by atoms with E-state index in [1.807, 2.05) is 55.5 Å². The van der Waals surface area contributed by atoms with Crippen LogP contribution in [0.15, 0.2) is 63.0 Å². The number of nitrogens with zero attached hydrogens (tertiary/aromatic N) is 1. The Morgan fingerprint density at radius 1 is 0.828 bits per heavy atom. The SMILES string of the molecule is Cc1ccc(C=c2[nH]c(=O)c(=Cc3ccc(SCCN(C)C)cc3)[nH]c2=O)cc1. The van der Waals surface area contributed by atoms with Crippen LogP contribution >= 0.6 is 11.8 Å². The number of aromatic nitrogens is 2. The van der Waals surface area contributed by atoms with Gasteiger partial charge in [0.05, 0.1) is 0 Å². The molecule has 0 aliphatic carbocycles. The lowest BCUT2D eigenvalue weighted by molar-refractivity contribution is 0.437. The first-order valence-electron chi connectivity index (χ1n) is 9.41. The van der Waals surface area contributed by atoms with Crippen LogP contribution in [0.3, 0.4) is 0 Å². The third-order valence-corrected chi connectivity index (χ3v) is 5.36. The van der Waals surface area contributed by atoms with E-state index in [0.717, 1.165) is 29.0 Å². The summed E-state index contributed by atoms with van der Waals surface area (Å²) in [5.74, 6) is 1.02. The highest BCUT2D eigenvalue weighted by Crippen LogP contribution is 2.18. The molecule has 0 unspecified atom stereocenters. The van der Waals surface area contributed by atoms with Gasteiger partial charge >= 0.3 is 0 Å². The Labute approximate surface area is 173 Å². The van der Waals surface area contributed by atoms with Crippen molar-refractivity contribution >= 4 is 23.9 Å². The number of nitrogens with one attached hydrogen (secondary N) is 2. The molecule has 0 radical (unpaired) electrons. The third-order valence-electron chi connectivity index (χ3n) is 4.37. The first kappa shape index (κ1) is 20.9. The van der Waals surface area contributed by atoms with Crippen molar-refractivity contribution < 1.29 is 0 Å². The number of benzene rings is 2. The monoisotopic (exact) mass is 407 g/mol. The van der Waals surface area contributed by atoms with Gasteiger partial charge in [-0.05, 0) is 56.4 Å². The van der Waals surface area contributed by atoms with Crippen molar-refractivity contribution in [2.45, 2.75) is 11.8 Å². The van der Waals surface area contributed by atoms with Gasteiger partial charge in [0.1, 0.15) is 10.7 Å². The van der Waals surface area contributed by atoms with Crippen molar-refractivity contribution in [3.63, 3.8) is 0 Å². The van der Waals surface area contributed by atoms with Gasteiger partial charge in [-0.25, -0.2) is 0 Å². The lowest BCUT2D eigenvalue weighted by Gasteiger charge is -2.08. The van der Waals surface area contributed by atoms with Gasteiger partial charge in [0, 0.05) is 17.2 Å². The van der Waals surface area contributed by atoms with E-state index >= 15 is 0 Å². The molecular formula is C23H25N3O2S. The molecular weight excluding hydrogens is 382 g/mol. The fourth-order valence-corrected chi connectivity index (χ4v) is 3.72. The van der Waals surface area contributed by atoms with Crippen molar-refractivity contribution in [2.24, 2.45) is 0 Å². The molecule has 0 aliphatic heterocycles. The molecule has 0 amide bonds. The Morgan fingerprint density at radius 3 is 1.79 bits per heavy atom. The van der Waals surface area contributed by atoms with Crippen LogP contribution in [0.1, 0.15) is 16.7 Å². The molecule has 2 N–H and O–H groups in total. The van der Waals surface area contributed by atoms with Crippen LogP contribution in [0.4, 0.5) is 0 Å². The smallest absolute Gasteiger partial charge is 0.272 e. The van der Waals surface area contributed by atoms with Gasteiger partial charge < -0.3 is 14.9 Å². The van der Waals surface area contributed by atoms with Crippen LogP contribution in [0.25, 0.3) is 12.2 Å². The summed E-state index contributed by atoms with van der Waals surface area (Å²) in [4.78, 5) is 33.5. The van der Waals surface area contributed by atoms with Crippen molar-refractivity contribution in [3.05, 3.63) is 96.6 Å². The molecule has 1 heterocycles. The lowest BCUT2D eigenvalue weighted by Crippen LogP contribution is -2.46. The Morgan fingerprint density at radius 2 is 1.31 bits per heavy atom. The van der Waals surface area contributed by atoms with Gasteiger partial charge in [-0.3, -0.25) is 9.59 Å². The van der Waals surface area contributed by atoms with Crippen LogP contribution in [0, 0.1) is 6.92 Å². The summed E-state index contributed by atoms with van der Waals surface area (Å²) >= 11 is 1.79. The van der Waals surface area contributed by atoms with Crippen LogP contribution in [-0.4, -0.2) is 41.3 Å². The molecule has 0 spiro atoms. The lowest BCUT2D eigenvalue weighted by atomic mass is 10.1. The second-order valence-corrected chi connectivity index (χ2v) is 8.32. The fourth-order valence-electron chi connectivity index (χ4n) is 2.70. The highest BCUT2D eigenvalue weighted by molar-refractivity contribution is 7.99. The summed E-state index contributed by atoms with van der Waals surface area (Å²) < 4.78 is 0. The van der Waals surface area contributed by atoms with Crippen molar-refractivity contribution in [1.82, 2.24) is 14.9 Å². The molecule has 0 bridgehead atoms. The van der Waals surface area contributed by atoms with Crippen molar-refractivity contribution in [1.29, 1.82) is 0 Å². The van der Waals surface area contributed by atoms with Crippen LogP contribution in [0.5, 0.6) is 0 Å². The number of thioether (sulfide) groups is 1. The topological polar surface area (TPSA) is 69.0 Å². The van der Waals surface area contributed by atoms with Crippen LogP contribution in [-0.2, 0) is 0 Å². The molecule has 0 saturated carbocycles. The minimum atomic E-state index is -0.327. The first-order chi connectivity index (χ1) is 13.9. The minimum Gasteiger partial charge on any atom is -0.316 e. The van der Waals surface area contributed by atoms with Gasteiger partial charge in [0.25, 0.3) is 11.1 Å². The predicted molar refractivity (Wildman–Crippen MR) is 121 cm³/mol. The summed E-state index contributed by atoms with van der Waals surface area (Å²) in [7, 11) is 4.11. The van der Waals surface area contributed by atoms with Gasteiger partial charge in [-0.1, -0.05) is 42.0 Å². The molecule has 1 aromatic heterocycles. The van der Waals surface area contributed by atoms with Crippen LogP contribution in [0.2, 0.25) is 0 Å². The molecule has 3 rings (SSSR count). The van der Waals surface area contributed by atoms with Crippen molar-refractivity contribution in [2.75, 3.05) is 26.4 Å². The van der Waals surface area contributed by atoms with Gasteiger partial charge in [0.2, 0.25) is 0 Å². The van der Waals surface area contributed by atoms with Crippen LogP contribution < -0.4 is 21.8 Å². The predicted octanol–water partition coefficient (Wildman–Crippen LogP) is 1.68. The molecule has 3 aromatic rings. The summed E-state index contributed by atoms with van der Waals surface area (Å²) in [6, 6.07) is 15.7. The molecule has 6 heteroatoms. The van der Waals surface area contributed by atoms with E-state index in [1.54, 1.807) is 23.9 Å². The molecule has 5 nitrogen and oxygen atoms in total. The second kappa shape index (κ2) is 9.58. The van der Waals surface area contributed by atoms with Crippen molar-refractivity contribution in [3.8, 4) is 0 Å². The number of aryl methyl sites for hydroxylation is 1. The summed E-state index contributed by atoms with van der Waals surface area (Å²) in [5.41, 5.74) is 2.20. The Balaban J connectivity index is 1.85. The van der Waals surface area contributed by atoms with Gasteiger partial charge in [-0.2, -0.15) is 0 Å². The molecule has 0 fully saturated rings. The fraction of sp³-hybridized carbons (Fsp3) is 0.217. The maximum Gasteiger partial charge on any atom is 0.272 e. The minimum absolute atomic E-state index is 0.239. The number of hydrogen-bond donors (Lipinski definition) is 2. The van der Waals surface area contributed by atoms with E-state index in [4.69, 9.17) is 0 Å². The van der Waals surface area contributed by atoms with E-state index in [0.29, 0.717) is 0 Å². The quantitative estimate of drug-likeness (QED) is 0.610. The molecule has 0 aliphatic rings. The molecule has 29 heavy (non-hydrogen) atoms. The molecule has 150 valence electrons. The standard InChI is InChI=1S/C23H25N3O2S/c1-16-4-6-17(7-5-16)14-20-22(27)25-21(23(28)24-20)15-18-8-10-19(11-9-18)29-13-12-26(2)3/h4-11,14-15H,12-13H2,1-3H3,(H,24,28)(H,25,27). The van der Waals surface area contributed by atoms with Gasteiger partial charge in [0.15, 0.2) is 0 Å². The summed E-state index contributed by atoms with van der Waals surface area (Å²) in [5, 5.41) is 0.479. The number of H-pyrrole nitrogens is 2. The summed E-state index contributed by atoms with van der Waals surface area (Å²) in [6.45, 7) is 3.01. The maximum absolute atomic E-state index is 12.4. The zero-order chi connectivity index (χ0) is 20.8. The highest BCUT2D eigenvalue weighted by Gasteiger charge is 1.99. The van der Waals surface area contributed by atoms with E-state index in [9.17, 15) is 9.59 Å². The Bertz CT molecular complexity index is 1190. The Kier molecular flexibility index (Phi) is 6.90. The number of rotatable bonds is 6. The van der Waals surface area contributed by atoms with E-state index in [2.05, 4.69) is 29.0 Å². The molecule has 0 atom stereocenters. The van der Waals surface area contributed by atoms with Gasteiger partial charge in [-0.15, -0.1) is 11.8 Å². The maximum atomic E-state index is 12.4. The zero-order valence-corrected chi connectivity index (χ0v) is 17.7. The first-order valence-corrected chi connectivity index (χ1v) is 10.4. The third kappa shape index (κ3) is 6.07. The number of aromatic amines is 2. The van der Waals surface area contributed by atoms with E-state index in [1.165, 1.54) is 4.90 Å².